The number of carbonyl (C=O) groups is 1. The van der Waals surface area contributed by atoms with E-state index in [4.69, 9.17) is 5.10 Å². The smallest absolute Gasteiger partial charge is 0.235 e. The fourth-order valence-electron chi connectivity index (χ4n) is 3.47. The van der Waals surface area contributed by atoms with Crippen LogP contribution in [0, 0.1) is 13.8 Å². The average Bonchev–Trinajstić information content (AvgIpc) is 2.88. The molecule has 0 unspecified atom stereocenters. The SMILES string of the molecule is Cc1ccc(-n2nc(C)c3c2NC(=O)CS[C@H]3c2ccc(N(C)C)cc2)cc1. The quantitative estimate of drug-likeness (QED) is 0.721. The van der Waals surface area contributed by atoms with Crippen LogP contribution in [0.3, 0.4) is 0 Å². The van der Waals surface area contributed by atoms with Crippen molar-refractivity contribution in [1.82, 2.24) is 9.78 Å². The maximum absolute atomic E-state index is 12.4. The van der Waals surface area contributed by atoms with Crippen molar-refractivity contribution < 1.29 is 4.79 Å². The summed E-state index contributed by atoms with van der Waals surface area (Å²) >= 11 is 1.65. The van der Waals surface area contributed by atoms with Gasteiger partial charge in [-0.3, -0.25) is 4.79 Å². The molecule has 144 valence electrons. The molecule has 0 saturated carbocycles. The number of thioether (sulfide) groups is 1. The molecule has 0 radical (unpaired) electrons. The molecule has 2 heterocycles. The van der Waals surface area contributed by atoms with E-state index in [1.54, 1.807) is 11.8 Å². The monoisotopic (exact) mass is 392 g/mol. The summed E-state index contributed by atoms with van der Waals surface area (Å²) in [5.74, 6) is 1.20. The number of fused-ring (bicyclic) bond motifs is 1. The molecule has 1 aliphatic rings. The summed E-state index contributed by atoms with van der Waals surface area (Å²) in [6.07, 6.45) is 0. The second-order valence-electron chi connectivity index (χ2n) is 7.32. The van der Waals surface area contributed by atoms with Crippen LogP contribution >= 0.6 is 11.8 Å². The number of anilines is 2. The van der Waals surface area contributed by atoms with Crippen molar-refractivity contribution >= 4 is 29.2 Å². The lowest BCUT2D eigenvalue weighted by Gasteiger charge is -2.18. The minimum Gasteiger partial charge on any atom is -0.378 e. The van der Waals surface area contributed by atoms with Gasteiger partial charge in [0.05, 0.1) is 22.4 Å². The Bertz CT molecular complexity index is 1010. The topological polar surface area (TPSA) is 50.2 Å². The Morgan fingerprint density at radius 1 is 1.07 bits per heavy atom. The fraction of sp³-hybridized carbons (Fsp3) is 0.273. The van der Waals surface area contributed by atoms with Gasteiger partial charge >= 0.3 is 0 Å². The second-order valence-corrected chi connectivity index (χ2v) is 8.41. The van der Waals surface area contributed by atoms with Crippen LogP contribution in [0.2, 0.25) is 0 Å². The number of benzene rings is 2. The highest BCUT2D eigenvalue weighted by molar-refractivity contribution is 8.00. The standard InChI is InChI=1S/C22H24N4OS/c1-14-5-9-18(10-6-14)26-22-20(15(2)24-26)21(28-13-19(27)23-22)16-7-11-17(12-8-16)25(3)4/h5-12,21H,13H2,1-4H3,(H,23,27)/t21-/m0/s1. The average molecular weight is 393 g/mol. The Labute approximate surface area is 169 Å². The first-order valence-corrected chi connectivity index (χ1v) is 10.3. The van der Waals surface area contributed by atoms with Gasteiger partial charge in [-0.05, 0) is 43.7 Å². The van der Waals surface area contributed by atoms with Gasteiger partial charge in [-0.25, -0.2) is 4.68 Å². The number of nitrogens with zero attached hydrogens (tertiary/aromatic N) is 3. The maximum Gasteiger partial charge on any atom is 0.235 e. The van der Waals surface area contributed by atoms with Crippen molar-refractivity contribution in [3.8, 4) is 5.69 Å². The molecule has 0 bridgehead atoms. The van der Waals surface area contributed by atoms with Crippen LogP contribution in [-0.4, -0.2) is 35.5 Å². The lowest BCUT2D eigenvalue weighted by Crippen LogP contribution is -2.15. The third-order valence-electron chi connectivity index (χ3n) is 5.00. The zero-order valence-electron chi connectivity index (χ0n) is 16.6. The van der Waals surface area contributed by atoms with Crippen molar-refractivity contribution in [2.45, 2.75) is 19.1 Å². The first-order valence-electron chi connectivity index (χ1n) is 9.29. The van der Waals surface area contributed by atoms with Gasteiger partial charge in [0.15, 0.2) is 0 Å². The molecule has 28 heavy (non-hydrogen) atoms. The molecule has 0 saturated heterocycles. The zero-order valence-corrected chi connectivity index (χ0v) is 17.4. The van der Waals surface area contributed by atoms with Crippen LogP contribution in [0.5, 0.6) is 0 Å². The third-order valence-corrected chi connectivity index (χ3v) is 6.27. The summed E-state index contributed by atoms with van der Waals surface area (Å²) in [5.41, 5.74) is 6.49. The molecule has 1 atom stereocenters. The van der Waals surface area contributed by atoms with E-state index in [0.717, 1.165) is 28.5 Å². The van der Waals surface area contributed by atoms with Gasteiger partial charge in [-0.15, -0.1) is 11.8 Å². The van der Waals surface area contributed by atoms with Crippen LogP contribution in [0.4, 0.5) is 11.5 Å². The summed E-state index contributed by atoms with van der Waals surface area (Å²) < 4.78 is 1.86. The Kier molecular flexibility index (Phi) is 4.89. The lowest BCUT2D eigenvalue weighted by molar-refractivity contribution is -0.113. The van der Waals surface area contributed by atoms with Crippen LogP contribution in [0.15, 0.2) is 48.5 Å². The normalized spacial score (nSPS) is 16.3. The summed E-state index contributed by atoms with van der Waals surface area (Å²) in [6.45, 7) is 4.08. The van der Waals surface area contributed by atoms with Gasteiger partial charge in [0.25, 0.3) is 0 Å². The zero-order chi connectivity index (χ0) is 19.8. The highest BCUT2D eigenvalue weighted by Crippen LogP contribution is 2.44. The number of aromatic nitrogens is 2. The Morgan fingerprint density at radius 2 is 1.75 bits per heavy atom. The summed E-state index contributed by atoms with van der Waals surface area (Å²) in [6, 6.07) is 16.7. The number of amides is 1. The van der Waals surface area contributed by atoms with E-state index >= 15 is 0 Å². The molecule has 1 aliphatic heterocycles. The van der Waals surface area contributed by atoms with Gasteiger partial charge in [-0.1, -0.05) is 29.8 Å². The highest BCUT2D eigenvalue weighted by Gasteiger charge is 2.30. The Morgan fingerprint density at radius 3 is 2.39 bits per heavy atom. The van der Waals surface area contributed by atoms with Crippen molar-refractivity contribution in [1.29, 1.82) is 0 Å². The van der Waals surface area contributed by atoms with Gasteiger partial charge in [0, 0.05) is 25.3 Å². The van der Waals surface area contributed by atoms with Crippen LogP contribution in [0.1, 0.15) is 27.6 Å². The lowest BCUT2D eigenvalue weighted by atomic mass is 10.0. The summed E-state index contributed by atoms with van der Waals surface area (Å²) in [4.78, 5) is 14.5. The van der Waals surface area contributed by atoms with Gasteiger partial charge in [-0.2, -0.15) is 5.10 Å². The highest BCUT2D eigenvalue weighted by atomic mass is 32.2. The predicted octanol–water partition coefficient (Wildman–Crippen LogP) is 4.33. The molecule has 1 aromatic heterocycles. The largest absolute Gasteiger partial charge is 0.378 e. The van der Waals surface area contributed by atoms with Crippen LogP contribution in [0.25, 0.3) is 5.69 Å². The molecule has 0 aliphatic carbocycles. The molecule has 3 aromatic rings. The molecule has 0 spiro atoms. The number of hydrogen-bond acceptors (Lipinski definition) is 4. The van der Waals surface area contributed by atoms with Crippen molar-refractivity contribution in [2.75, 3.05) is 30.1 Å². The molecule has 4 rings (SSSR count). The maximum atomic E-state index is 12.4. The number of aryl methyl sites for hydroxylation is 2. The number of hydrogen-bond donors (Lipinski definition) is 1. The van der Waals surface area contributed by atoms with Gasteiger partial charge < -0.3 is 10.2 Å². The van der Waals surface area contributed by atoms with E-state index in [2.05, 4.69) is 53.5 Å². The molecule has 1 amide bonds. The van der Waals surface area contributed by atoms with Crippen LogP contribution in [-0.2, 0) is 4.79 Å². The summed E-state index contributed by atoms with van der Waals surface area (Å²) in [7, 11) is 4.07. The number of rotatable bonds is 3. The molecule has 5 nitrogen and oxygen atoms in total. The number of nitrogens with one attached hydrogen (secondary N) is 1. The summed E-state index contributed by atoms with van der Waals surface area (Å²) in [5, 5.41) is 7.92. The molecular formula is C22H24N4OS. The minimum atomic E-state index is 0.00641. The van der Waals surface area contributed by atoms with E-state index in [-0.39, 0.29) is 11.2 Å². The van der Waals surface area contributed by atoms with E-state index < -0.39 is 0 Å². The first kappa shape index (κ1) is 18.6. The van der Waals surface area contributed by atoms with Crippen LogP contribution < -0.4 is 10.2 Å². The first-order chi connectivity index (χ1) is 13.4. The number of carbonyl (C=O) groups excluding carboxylic acids is 1. The van der Waals surface area contributed by atoms with Crippen molar-refractivity contribution in [3.63, 3.8) is 0 Å². The van der Waals surface area contributed by atoms with E-state index in [9.17, 15) is 4.79 Å². The van der Waals surface area contributed by atoms with E-state index in [1.807, 2.05) is 37.8 Å². The van der Waals surface area contributed by atoms with E-state index in [0.29, 0.717) is 5.75 Å². The predicted molar refractivity (Wildman–Crippen MR) is 117 cm³/mol. The molecule has 2 aromatic carbocycles. The van der Waals surface area contributed by atoms with E-state index in [1.165, 1.54) is 11.1 Å². The van der Waals surface area contributed by atoms with Gasteiger partial charge in [0.1, 0.15) is 5.82 Å². The Hall–Kier alpha value is -2.73. The molecular weight excluding hydrogens is 368 g/mol. The Balaban J connectivity index is 1.82. The van der Waals surface area contributed by atoms with Gasteiger partial charge in [0.2, 0.25) is 5.91 Å². The van der Waals surface area contributed by atoms with Crippen molar-refractivity contribution in [2.24, 2.45) is 0 Å². The molecule has 1 N–H and O–H groups in total. The molecule has 6 heteroatoms. The minimum absolute atomic E-state index is 0.00641. The fourth-order valence-corrected chi connectivity index (χ4v) is 4.66. The van der Waals surface area contributed by atoms with Crippen molar-refractivity contribution in [3.05, 3.63) is 70.9 Å². The second kappa shape index (κ2) is 7.36. The third kappa shape index (κ3) is 3.40. The molecule has 0 fully saturated rings.